The average Bonchev–Trinajstić information content (AvgIpc) is 3.74. The van der Waals surface area contributed by atoms with Crippen LogP contribution in [0.3, 0.4) is 0 Å². The van der Waals surface area contributed by atoms with Gasteiger partial charge in [-0.2, -0.15) is 0 Å². The van der Waals surface area contributed by atoms with E-state index in [1.807, 2.05) is 18.2 Å². The lowest BCUT2D eigenvalue weighted by Crippen LogP contribution is -2.60. The number of nitrogens with one attached hydrogen (secondary N) is 9. The summed E-state index contributed by atoms with van der Waals surface area (Å²) in [5, 5.41) is 31.8. The molecule has 0 aliphatic carbocycles. The highest BCUT2D eigenvalue weighted by Crippen LogP contribution is 2.20. The Kier molecular flexibility index (Phi) is 22.2. The Bertz CT molecular complexity index is 2440. The van der Waals surface area contributed by atoms with Crippen LogP contribution in [-0.2, 0) is 56.0 Å². The number of rotatable bonds is 16. The SMILES string of the molecule is CC(=O)NC(CCCN=C(N)N)C(=O)NC1CC(=O)NCCCCC(C(=O)O)NC(=O)C(Cc2c[nH]c3ccccc23)NC(=O)C(CCCN=C(N)N)NC(=O)C(Cc2ccccc2)NC(=O)C(C)NC1=O. The van der Waals surface area contributed by atoms with Crippen molar-refractivity contribution >= 4 is 76.0 Å². The number of aliphatic carboxylic acids is 1. The van der Waals surface area contributed by atoms with E-state index in [4.69, 9.17) is 22.9 Å². The van der Waals surface area contributed by atoms with Gasteiger partial charge in [-0.1, -0.05) is 48.5 Å². The molecular formula is C47H67N15O10. The zero-order chi connectivity index (χ0) is 52.7. The predicted molar refractivity (Wildman–Crippen MR) is 266 cm³/mol. The van der Waals surface area contributed by atoms with Crippen molar-refractivity contribution < 1.29 is 48.3 Å². The van der Waals surface area contributed by atoms with Crippen LogP contribution in [-0.4, -0.2) is 137 Å². The van der Waals surface area contributed by atoms with Crippen molar-refractivity contribution in [1.29, 1.82) is 0 Å². The highest BCUT2D eigenvalue weighted by atomic mass is 16.4. The van der Waals surface area contributed by atoms with Crippen molar-refractivity contribution in [3.05, 3.63) is 71.9 Å². The Morgan fingerprint density at radius 3 is 2.03 bits per heavy atom. The number of fused-ring (bicyclic) bond motifs is 1. The highest BCUT2D eigenvalue weighted by Gasteiger charge is 2.34. The third-order valence-electron chi connectivity index (χ3n) is 11.5. The number of aliphatic imine (C=N–C) groups is 2. The van der Waals surface area contributed by atoms with Gasteiger partial charge < -0.3 is 75.6 Å². The maximum Gasteiger partial charge on any atom is 0.326 e. The number of carbonyl (C=O) groups excluding carboxylic acids is 8. The third kappa shape index (κ3) is 18.9. The van der Waals surface area contributed by atoms with E-state index in [0.717, 1.165) is 10.9 Å². The smallest absolute Gasteiger partial charge is 0.326 e. The summed E-state index contributed by atoms with van der Waals surface area (Å²) >= 11 is 0. The van der Waals surface area contributed by atoms with Crippen molar-refractivity contribution in [3.63, 3.8) is 0 Å². The molecule has 1 aromatic heterocycles. The van der Waals surface area contributed by atoms with E-state index in [1.165, 1.54) is 13.8 Å². The molecule has 1 fully saturated rings. The molecule has 25 nitrogen and oxygen atoms in total. The minimum absolute atomic E-state index is 0.00677. The van der Waals surface area contributed by atoms with Gasteiger partial charge in [0, 0.05) is 56.5 Å². The number of benzene rings is 2. The number of aromatic nitrogens is 1. The quantitative estimate of drug-likeness (QED) is 0.0394. The van der Waals surface area contributed by atoms with Crippen molar-refractivity contribution in [2.45, 2.75) is 120 Å². The zero-order valence-corrected chi connectivity index (χ0v) is 40.3. The van der Waals surface area contributed by atoms with Gasteiger partial charge in [-0.15, -0.1) is 0 Å². The number of nitrogens with two attached hydrogens (primary N) is 4. The Morgan fingerprint density at radius 1 is 0.736 bits per heavy atom. The highest BCUT2D eigenvalue weighted by molar-refractivity contribution is 5.99. The van der Waals surface area contributed by atoms with Gasteiger partial charge in [-0.3, -0.25) is 48.3 Å². The molecule has 1 aliphatic rings. The maximum absolute atomic E-state index is 14.4. The summed E-state index contributed by atoms with van der Waals surface area (Å²) in [6.07, 6.45) is 1.51. The molecule has 0 bridgehead atoms. The summed E-state index contributed by atoms with van der Waals surface area (Å²) in [6.45, 7) is 2.67. The Morgan fingerprint density at radius 2 is 1.35 bits per heavy atom. The minimum atomic E-state index is -1.60. The molecule has 2 aromatic carbocycles. The van der Waals surface area contributed by atoms with E-state index in [2.05, 4.69) is 57.5 Å². The number of guanidine groups is 2. The molecule has 7 unspecified atom stereocenters. The maximum atomic E-state index is 14.4. The summed E-state index contributed by atoms with van der Waals surface area (Å²) in [6, 6.07) is 6.13. The van der Waals surface area contributed by atoms with E-state index in [9.17, 15) is 48.3 Å². The average molecular weight is 1000 g/mol. The van der Waals surface area contributed by atoms with E-state index >= 15 is 0 Å². The monoisotopic (exact) mass is 1000 g/mol. The summed E-state index contributed by atoms with van der Waals surface area (Å²) in [5.41, 5.74) is 23.9. The van der Waals surface area contributed by atoms with Crippen LogP contribution in [0.1, 0.15) is 76.3 Å². The molecule has 8 amide bonds. The largest absolute Gasteiger partial charge is 0.480 e. The van der Waals surface area contributed by atoms with Gasteiger partial charge in [0.25, 0.3) is 0 Å². The summed E-state index contributed by atoms with van der Waals surface area (Å²) in [7, 11) is 0. The molecule has 1 aliphatic heterocycles. The third-order valence-corrected chi connectivity index (χ3v) is 11.5. The fourth-order valence-electron chi connectivity index (χ4n) is 7.77. The van der Waals surface area contributed by atoms with Gasteiger partial charge in [-0.25, -0.2) is 4.79 Å². The number of carboxylic acids is 1. The summed E-state index contributed by atoms with van der Waals surface area (Å²) in [5.74, 6) is -8.17. The molecule has 25 heteroatoms. The van der Waals surface area contributed by atoms with Crippen LogP contribution >= 0.6 is 0 Å². The number of carbonyl (C=O) groups is 9. The Hall–Kier alpha value is -8.25. The minimum Gasteiger partial charge on any atom is -0.480 e. The summed E-state index contributed by atoms with van der Waals surface area (Å²) < 4.78 is 0. The molecule has 3 aromatic rings. The molecule has 1 saturated heterocycles. The first-order chi connectivity index (χ1) is 34.3. The number of nitrogens with zero attached hydrogens (tertiary/aromatic N) is 2. The molecule has 7 atom stereocenters. The molecule has 2 heterocycles. The van der Waals surface area contributed by atoms with Crippen molar-refractivity contribution in [1.82, 2.24) is 47.5 Å². The van der Waals surface area contributed by atoms with Gasteiger partial charge in [0.2, 0.25) is 47.3 Å². The van der Waals surface area contributed by atoms with Gasteiger partial charge in [0.1, 0.15) is 42.3 Å². The lowest BCUT2D eigenvalue weighted by atomic mass is 10.0. The number of hydrogen-bond acceptors (Lipinski definition) is 11. The predicted octanol–water partition coefficient (Wildman–Crippen LogP) is -2.73. The number of amides is 8. The normalized spacial score (nSPS) is 21.5. The van der Waals surface area contributed by atoms with E-state index < -0.39 is 102 Å². The second-order valence-electron chi connectivity index (χ2n) is 17.3. The topological polar surface area (TPSA) is 415 Å². The van der Waals surface area contributed by atoms with Crippen LogP contribution in [0.2, 0.25) is 0 Å². The Labute approximate surface area is 415 Å². The van der Waals surface area contributed by atoms with Gasteiger partial charge in [0.15, 0.2) is 11.9 Å². The lowest BCUT2D eigenvalue weighted by molar-refractivity contribution is -0.142. The second-order valence-corrected chi connectivity index (χ2v) is 17.3. The fraction of sp³-hybridized carbons (Fsp3) is 0.468. The van der Waals surface area contributed by atoms with Crippen molar-refractivity contribution in [2.24, 2.45) is 32.9 Å². The molecule has 0 saturated carbocycles. The van der Waals surface area contributed by atoms with Gasteiger partial charge in [0.05, 0.1) is 6.42 Å². The van der Waals surface area contributed by atoms with Crippen LogP contribution < -0.4 is 65.5 Å². The molecule has 0 radical (unpaired) electrons. The van der Waals surface area contributed by atoms with E-state index in [0.29, 0.717) is 11.1 Å². The number of H-pyrrole nitrogens is 1. The van der Waals surface area contributed by atoms with Gasteiger partial charge >= 0.3 is 5.97 Å². The molecular weight excluding hydrogens is 935 g/mol. The first-order valence-corrected chi connectivity index (χ1v) is 23.6. The molecule has 390 valence electrons. The number of para-hydroxylation sites is 1. The fourth-order valence-corrected chi connectivity index (χ4v) is 7.77. The van der Waals surface area contributed by atoms with Crippen molar-refractivity contribution in [2.75, 3.05) is 19.6 Å². The Balaban J connectivity index is 1.71. The van der Waals surface area contributed by atoms with Crippen LogP contribution in [0.5, 0.6) is 0 Å². The first-order valence-electron chi connectivity index (χ1n) is 23.6. The molecule has 4 rings (SSSR count). The molecule has 0 spiro atoms. The second kappa shape index (κ2) is 28.4. The zero-order valence-electron chi connectivity index (χ0n) is 40.3. The van der Waals surface area contributed by atoms with Crippen LogP contribution in [0.15, 0.2) is 70.8 Å². The lowest BCUT2D eigenvalue weighted by Gasteiger charge is -2.27. The van der Waals surface area contributed by atoms with E-state index in [1.54, 1.807) is 42.6 Å². The number of hydrogen-bond donors (Lipinski definition) is 14. The van der Waals surface area contributed by atoms with Crippen LogP contribution in [0, 0.1) is 0 Å². The standard InChI is InChI=1S/C47H67N15O10/c1-26-39(65)60-35(22-28-12-4-3-5-13-28)43(69)58-33(18-11-21-54-47(50)51)41(67)61-36(23-29-25-55-31-15-7-6-14-30(29)31)44(70)59-34(45(71)72)16-8-9-19-52-38(64)24-37(42(68)56-26)62-40(66)32(57-27(2)63)17-10-20-53-46(48)49/h3-7,12-15,25-26,32-37,55H,8-11,16-24H2,1-2H3,(H,52,64)(H,56,68)(H,57,63)(H,58,69)(H,59,70)(H,60,65)(H,61,67)(H,62,66)(H,71,72)(H4,48,49,53)(H4,50,51,54). The van der Waals surface area contributed by atoms with Gasteiger partial charge in [-0.05, 0) is 69.1 Å². The number of aromatic amines is 1. The molecule has 72 heavy (non-hydrogen) atoms. The number of carboxylic acid groups (broad SMARTS) is 1. The first kappa shape index (κ1) is 56.3. The van der Waals surface area contributed by atoms with Crippen LogP contribution in [0.4, 0.5) is 0 Å². The summed E-state index contributed by atoms with van der Waals surface area (Å²) in [4.78, 5) is 134. The molecule has 18 N–H and O–H groups in total. The van der Waals surface area contributed by atoms with Crippen molar-refractivity contribution in [3.8, 4) is 0 Å². The van der Waals surface area contributed by atoms with Crippen LogP contribution in [0.25, 0.3) is 10.9 Å². The van der Waals surface area contributed by atoms with E-state index in [-0.39, 0.29) is 89.3 Å².